The van der Waals surface area contributed by atoms with Crippen molar-refractivity contribution in [2.45, 2.75) is 45.6 Å². The van der Waals surface area contributed by atoms with Gasteiger partial charge in [0, 0.05) is 37.2 Å². The highest BCUT2D eigenvalue weighted by Gasteiger charge is 2.20. The van der Waals surface area contributed by atoms with Crippen molar-refractivity contribution < 1.29 is 14.0 Å². The minimum Gasteiger partial charge on any atom is -0.349 e. The van der Waals surface area contributed by atoms with Gasteiger partial charge in [-0.3, -0.25) is 9.59 Å². The number of likely N-dealkylation sites (tertiary alicyclic amines) is 1. The summed E-state index contributed by atoms with van der Waals surface area (Å²) in [6.45, 7) is 4.98. The van der Waals surface area contributed by atoms with Gasteiger partial charge in [0.2, 0.25) is 11.8 Å². The summed E-state index contributed by atoms with van der Waals surface area (Å²) in [4.78, 5) is 25.9. The Morgan fingerprint density at radius 2 is 2.19 bits per heavy atom. The maximum Gasteiger partial charge on any atom is 0.222 e. The standard InChI is InChI=1S/C20H25FN4O2/c1-14(23-19(26)9-11-24-10-4-3-8-20(24)27)18-13-22-25(15(18)2)17-7-5-6-16(21)12-17/h5-7,12-14H,3-4,8-11H2,1-2H3,(H,23,26)/t14-/m0/s1. The summed E-state index contributed by atoms with van der Waals surface area (Å²) in [5.74, 6) is -0.286. The van der Waals surface area contributed by atoms with Gasteiger partial charge < -0.3 is 10.2 Å². The lowest BCUT2D eigenvalue weighted by Gasteiger charge is -2.26. The molecule has 1 saturated heterocycles. The number of rotatable bonds is 6. The molecule has 1 aromatic heterocycles. The van der Waals surface area contributed by atoms with Crippen molar-refractivity contribution >= 4 is 11.8 Å². The van der Waals surface area contributed by atoms with Gasteiger partial charge in [-0.15, -0.1) is 0 Å². The second-order valence-corrected chi connectivity index (χ2v) is 6.95. The summed E-state index contributed by atoms with van der Waals surface area (Å²) in [5, 5.41) is 7.29. The molecule has 0 radical (unpaired) electrons. The lowest BCUT2D eigenvalue weighted by atomic mass is 10.1. The van der Waals surface area contributed by atoms with Crippen molar-refractivity contribution in [3.63, 3.8) is 0 Å². The van der Waals surface area contributed by atoms with Crippen LogP contribution in [0.1, 0.15) is 49.9 Å². The molecule has 27 heavy (non-hydrogen) atoms. The van der Waals surface area contributed by atoms with E-state index in [9.17, 15) is 14.0 Å². The van der Waals surface area contributed by atoms with Gasteiger partial charge in [0.05, 0.1) is 17.9 Å². The number of halogens is 1. The molecule has 0 aliphatic carbocycles. The lowest BCUT2D eigenvalue weighted by Crippen LogP contribution is -2.38. The lowest BCUT2D eigenvalue weighted by molar-refractivity contribution is -0.133. The Balaban J connectivity index is 1.60. The highest BCUT2D eigenvalue weighted by molar-refractivity contribution is 5.79. The van der Waals surface area contributed by atoms with Crippen molar-refractivity contribution in [1.29, 1.82) is 0 Å². The highest BCUT2D eigenvalue weighted by atomic mass is 19.1. The summed E-state index contributed by atoms with van der Waals surface area (Å²) < 4.78 is 15.1. The van der Waals surface area contributed by atoms with Crippen molar-refractivity contribution in [3.05, 3.63) is 47.5 Å². The van der Waals surface area contributed by atoms with E-state index in [4.69, 9.17) is 0 Å². The minimum atomic E-state index is -0.322. The smallest absolute Gasteiger partial charge is 0.222 e. The van der Waals surface area contributed by atoms with E-state index >= 15 is 0 Å². The van der Waals surface area contributed by atoms with Gasteiger partial charge in [0.1, 0.15) is 5.82 Å². The third kappa shape index (κ3) is 4.53. The molecule has 1 N–H and O–H groups in total. The van der Waals surface area contributed by atoms with E-state index in [1.54, 1.807) is 27.9 Å². The molecule has 1 aliphatic heterocycles. The Labute approximate surface area is 158 Å². The molecular formula is C20H25FN4O2. The molecule has 0 bridgehead atoms. The summed E-state index contributed by atoms with van der Waals surface area (Å²) in [6.07, 6.45) is 4.50. The molecule has 0 unspecified atom stereocenters. The third-order valence-electron chi connectivity index (χ3n) is 4.97. The fraction of sp³-hybridized carbons (Fsp3) is 0.450. The average molecular weight is 372 g/mol. The molecule has 2 amide bonds. The van der Waals surface area contributed by atoms with Crippen LogP contribution in [0.15, 0.2) is 30.5 Å². The Kier molecular flexibility index (Phi) is 5.88. The van der Waals surface area contributed by atoms with Gasteiger partial charge in [0.15, 0.2) is 0 Å². The number of benzene rings is 1. The number of nitrogens with one attached hydrogen (secondary N) is 1. The maximum absolute atomic E-state index is 13.5. The number of aromatic nitrogens is 2. The van der Waals surface area contributed by atoms with E-state index in [0.717, 1.165) is 30.6 Å². The average Bonchev–Trinajstić information content (AvgIpc) is 3.02. The summed E-state index contributed by atoms with van der Waals surface area (Å²) >= 11 is 0. The molecule has 6 nitrogen and oxygen atoms in total. The third-order valence-corrected chi connectivity index (χ3v) is 4.97. The number of carbonyl (C=O) groups is 2. The van der Waals surface area contributed by atoms with Gasteiger partial charge in [-0.25, -0.2) is 9.07 Å². The van der Waals surface area contributed by atoms with Crippen LogP contribution in [0, 0.1) is 12.7 Å². The van der Waals surface area contributed by atoms with Gasteiger partial charge in [-0.2, -0.15) is 5.10 Å². The second-order valence-electron chi connectivity index (χ2n) is 6.95. The SMILES string of the molecule is Cc1c([C@H](C)NC(=O)CCN2CCCCC2=O)cnn1-c1cccc(F)c1. The van der Waals surface area contributed by atoms with Crippen LogP contribution in [0.5, 0.6) is 0 Å². The molecule has 1 fully saturated rings. The number of amides is 2. The number of carbonyl (C=O) groups excluding carboxylic acids is 2. The van der Waals surface area contributed by atoms with Crippen LogP contribution in [-0.4, -0.2) is 39.6 Å². The largest absolute Gasteiger partial charge is 0.349 e. The van der Waals surface area contributed by atoms with E-state index in [2.05, 4.69) is 10.4 Å². The molecule has 3 rings (SSSR count). The fourth-order valence-electron chi connectivity index (χ4n) is 3.44. The molecule has 2 aromatic rings. The van der Waals surface area contributed by atoms with Gasteiger partial charge in [-0.1, -0.05) is 6.07 Å². The molecule has 0 spiro atoms. The van der Waals surface area contributed by atoms with Crippen LogP contribution in [0.2, 0.25) is 0 Å². The predicted molar refractivity (Wildman–Crippen MR) is 99.9 cm³/mol. The van der Waals surface area contributed by atoms with Crippen LogP contribution in [0.4, 0.5) is 4.39 Å². The summed E-state index contributed by atoms with van der Waals surface area (Å²) in [6, 6.07) is 6.00. The zero-order chi connectivity index (χ0) is 19.4. The Morgan fingerprint density at radius 1 is 1.37 bits per heavy atom. The molecule has 1 aromatic carbocycles. The van der Waals surface area contributed by atoms with Gasteiger partial charge in [-0.05, 0) is 44.9 Å². The van der Waals surface area contributed by atoms with Gasteiger partial charge in [0.25, 0.3) is 0 Å². The monoisotopic (exact) mass is 372 g/mol. The summed E-state index contributed by atoms with van der Waals surface area (Å²) in [7, 11) is 0. The van der Waals surface area contributed by atoms with E-state index < -0.39 is 0 Å². The van der Waals surface area contributed by atoms with E-state index in [1.165, 1.54) is 12.1 Å². The fourth-order valence-corrected chi connectivity index (χ4v) is 3.44. The van der Waals surface area contributed by atoms with Crippen molar-refractivity contribution in [2.24, 2.45) is 0 Å². The zero-order valence-electron chi connectivity index (χ0n) is 15.7. The van der Waals surface area contributed by atoms with Crippen LogP contribution in [-0.2, 0) is 9.59 Å². The Hall–Kier alpha value is -2.70. The molecule has 144 valence electrons. The second kappa shape index (κ2) is 8.33. The Bertz CT molecular complexity index is 833. The van der Waals surface area contributed by atoms with Crippen LogP contribution < -0.4 is 5.32 Å². The van der Waals surface area contributed by atoms with E-state index in [-0.39, 0.29) is 30.1 Å². The molecule has 0 saturated carbocycles. The van der Waals surface area contributed by atoms with Crippen LogP contribution in [0.3, 0.4) is 0 Å². The quantitative estimate of drug-likeness (QED) is 0.848. The topological polar surface area (TPSA) is 67.2 Å². The first-order valence-corrected chi connectivity index (χ1v) is 9.33. The van der Waals surface area contributed by atoms with Crippen LogP contribution >= 0.6 is 0 Å². The van der Waals surface area contributed by atoms with Crippen LogP contribution in [0.25, 0.3) is 5.69 Å². The first-order valence-electron chi connectivity index (χ1n) is 9.33. The normalized spacial score (nSPS) is 15.7. The summed E-state index contributed by atoms with van der Waals surface area (Å²) in [5.41, 5.74) is 2.36. The highest BCUT2D eigenvalue weighted by Crippen LogP contribution is 2.20. The van der Waals surface area contributed by atoms with Crippen molar-refractivity contribution in [3.8, 4) is 5.69 Å². The van der Waals surface area contributed by atoms with E-state index in [0.29, 0.717) is 18.7 Å². The number of hydrogen-bond donors (Lipinski definition) is 1. The molecular weight excluding hydrogens is 347 g/mol. The molecule has 1 aliphatic rings. The number of nitrogens with zero attached hydrogens (tertiary/aromatic N) is 3. The van der Waals surface area contributed by atoms with Crippen molar-refractivity contribution in [2.75, 3.05) is 13.1 Å². The molecule has 2 heterocycles. The number of hydrogen-bond acceptors (Lipinski definition) is 3. The number of piperidine rings is 1. The van der Waals surface area contributed by atoms with Gasteiger partial charge >= 0.3 is 0 Å². The van der Waals surface area contributed by atoms with E-state index in [1.807, 2.05) is 13.8 Å². The maximum atomic E-state index is 13.5. The zero-order valence-corrected chi connectivity index (χ0v) is 15.7. The molecule has 7 heteroatoms. The Morgan fingerprint density at radius 3 is 2.93 bits per heavy atom. The first-order chi connectivity index (χ1) is 13.0. The first kappa shape index (κ1) is 19.1. The van der Waals surface area contributed by atoms with Crippen molar-refractivity contribution in [1.82, 2.24) is 20.0 Å². The molecule has 1 atom stereocenters. The minimum absolute atomic E-state index is 0.0984. The predicted octanol–water partition coefficient (Wildman–Crippen LogP) is 2.90.